The molecule has 33 heavy (non-hydrogen) atoms. The van der Waals surface area contributed by atoms with Crippen LogP contribution >= 0.6 is 11.3 Å². The number of thiazole rings is 1. The molecule has 1 saturated heterocycles. The van der Waals surface area contributed by atoms with E-state index in [1.54, 1.807) is 35.6 Å². The number of nitrogens with one attached hydrogen (secondary N) is 2. The van der Waals surface area contributed by atoms with Crippen LogP contribution in [-0.2, 0) is 6.54 Å². The van der Waals surface area contributed by atoms with Crippen molar-refractivity contribution in [2.75, 3.05) is 48.4 Å². The van der Waals surface area contributed by atoms with Crippen molar-refractivity contribution in [1.29, 1.82) is 0 Å². The number of ether oxygens (including phenoxy) is 1. The molecule has 0 unspecified atom stereocenters. The normalized spacial score (nSPS) is 15.5. The largest absolute Gasteiger partial charge is 0.497 e. The highest BCUT2D eigenvalue weighted by Gasteiger charge is 2.31. The molecular formula is C23H22FN5O3S. The molecule has 2 N–H and O–H groups in total. The van der Waals surface area contributed by atoms with Gasteiger partial charge in [-0.15, -0.1) is 11.3 Å². The van der Waals surface area contributed by atoms with E-state index in [4.69, 9.17) is 4.74 Å². The molecule has 2 aliphatic rings. The monoisotopic (exact) mass is 467 g/mol. The first-order valence-corrected chi connectivity index (χ1v) is 11.4. The second-order valence-electron chi connectivity index (χ2n) is 7.76. The van der Waals surface area contributed by atoms with Crippen LogP contribution < -0.4 is 25.2 Å². The van der Waals surface area contributed by atoms with Crippen molar-refractivity contribution in [2.45, 2.75) is 6.54 Å². The molecule has 170 valence electrons. The predicted molar refractivity (Wildman–Crippen MR) is 125 cm³/mol. The van der Waals surface area contributed by atoms with E-state index in [2.05, 4.69) is 15.6 Å². The third-order valence-electron chi connectivity index (χ3n) is 5.74. The molecule has 0 bridgehead atoms. The number of piperazine rings is 1. The summed E-state index contributed by atoms with van der Waals surface area (Å²) < 4.78 is 19.9. The van der Waals surface area contributed by atoms with Crippen LogP contribution in [0.15, 0.2) is 41.8 Å². The number of hydrogen-bond donors (Lipinski definition) is 2. The summed E-state index contributed by atoms with van der Waals surface area (Å²) >= 11 is 1.21. The van der Waals surface area contributed by atoms with Crippen molar-refractivity contribution in [1.82, 2.24) is 10.3 Å². The maximum atomic E-state index is 14.6. The number of fused-ring (bicyclic) bond motifs is 1. The Morgan fingerprint density at radius 2 is 2.06 bits per heavy atom. The van der Waals surface area contributed by atoms with Crippen LogP contribution in [0.3, 0.4) is 0 Å². The van der Waals surface area contributed by atoms with Crippen molar-refractivity contribution >= 4 is 39.7 Å². The maximum absolute atomic E-state index is 14.6. The number of nitrogens with zero attached hydrogens (tertiary/aromatic N) is 3. The molecule has 0 saturated carbocycles. The van der Waals surface area contributed by atoms with E-state index in [1.807, 2.05) is 17.0 Å². The Hall–Kier alpha value is -3.50. The summed E-state index contributed by atoms with van der Waals surface area (Å²) in [4.78, 5) is 33.7. The van der Waals surface area contributed by atoms with E-state index in [1.165, 1.54) is 17.4 Å². The van der Waals surface area contributed by atoms with Gasteiger partial charge in [-0.25, -0.2) is 9.37 Å². The second kappa shape index (κ2) is 8.80. The molecule has 1 aromatic heterocycles. The van der Waals surface area contributed by atoms with E-state index >= 15 is 0 Å². The van der Waals surface area contributed by atoms with Gasteiger partial charge in [-0.1, -0.05) is 12.1 Å². The van der Waals surface area contributed by atoms with Gasteiger partial charge >= 0.3 is 0 Å². The minimum atomic E-state index is -0.453. The summed E-state index contributed by atoms with van der Waals surface area (Å²) in [5.74, 6) is -0.412. The van der Waals surface area contributed by atoms with Gasteiger partial charge in [0.25, 0.3) is 11.8 Å². The van der Waals surface area contributed by atoms with Gasteiger partial charge in [-0.3, -0.25) is 14.5 Å². The molecule has 5 rings (SSSR count). The fraction of sp³-hybridized carbons (Fsp3) is 0.261. The molecule has 2 amide bonds. The SMILES string of the molecule is COc1ccc2c(c1)C(=O)N(c1nc(C(=O)Nc3cccc(F)c3N3CCNCC3)cs1)C2. The molecule has 2 aromatic carbocycles. The van der Waals surface area contributed by atoms with Crippen molar-refractivity contribution in [2.24, 2.45) is 0 Å². The maximum Gasteiger partial charge on any atom is 0.275 e. The zero-order valence-corrected chi connectivity index (χ0v) is 18.7. The number of hydrogen-bond acceptors (Lipinski definition) is 7. The van der Waals surface area contributed by atoms with E-state index in [0.717, 1.165) is 18.7 Å². The molecular weight excluding hydrogens is 445 g/mol. The first-order chi connectivity index (χ1) is 16.0. The first kappa shape index (κ1) is 21.4. The minimum Gasteiger partial charge on any atom is -0.497 e. The van der Waals surface area contributed by atoms with Gasteiger partial charge in [0, 0.05) is 37.1 Å². The first-order valence-electron chi connectivity index (χ1n) is 10.5. The summed E-state index contributed by atoms with van der Waals surface area (Å²) in [6.45, 7) is 3.16. The van der Waals surface area contributed by atoms with Gasteiger partial charge in [-0.05, 0) is 29.8 Å². The van der Waals surface area contributed by atoms with Crippen molar-refractivity contribution in [3.8, 4) is 5.75 Å². The Labute approximate surface area is 194 Å². The van der Waals surface area contributed by atoms with Crippen molar-refractivity contribution in [3.05, 3.63) is 64.4 Å². The number of anilines is 3. The van der Waals surface area contributed by atoms with Crippen LogP contribution in [0.1, 0.15) is 26.4 Å². The van der Waals surface area contributed by atoms with Crippen LogP contribution in [0, 0.1) is 5.82 Å². The zero-order valence-electron chi connectivity index (χ0n) is 17.9. The van der Waals surface area contributed by atoms with Crippen molar-refractivity contribution in [3.63, 3.8) is 0 Å². The Morgan fingerprint density at radius 3 is 2.85 bits per heavy atom. The number of para-hydroxylation sites is 1. The topological polar surface area (TPSA) is 86.8 Å². The van der Waals surface area contributed by atoms with Gasteiger partial charge < -0.3 is 20.3 Å². The lowest BCUT2D eigenvalue weighted by Crippen LogP contribution is -2.44. The van der Waals surface area contributed by atoms with Crippen LogP contribution in [0.4, 0.5) is 20.9 Å². The molecule has 0 aliphatic carbocycles. The van der Waals surface area contributed by atoms with E-state index in [-0.39, 0.29) is 17.4 Å². The number of aromatic nitrogens is 1. The number of methoxy groups -OCH3 is 1. The van der Waals surface area contributed by atoms with E-state index < -0.39 is 5.91 Å². The molecule has 10 heteroatoms. The molecule has 2 aliphatic heterocycles. The number of halogens is 1. The standard InChI is InChI=1S/C23H22FN5O3S/c1-32-15-6-5-14-12-29(22(31)16(14)11-15)23-27-19(13-33-23)21(30)26-18-4-2-3-17(24)20(18)28-9-7-25-8-10-28/h2-6,11,13,25H,7-10,12H2,1H3,(H,26,30). The van der Waals surface area contributed by atoms with Crippen LogP contribution in [0.25, 0.3) is 0 Å². The summed E-state index contributed by atoms with van der Waals surface area (Å²) in [6, 6.07) is 10.0. The summed E-state index contributed by atoms with van der Waals surface area (Å²) in [5, 5.41) is 8.07. The minimum absolute atomic E-state index is 0.173. The Morgan fingerprint density at radius 1 is 1.24 bits per heavy atom. The van der Waals surface area contributed by atoms with Crippen LogP contribution in [-0.4, -0.2) is 50.1 Å². The zero-order chi connectivity index (χ0) is 22.9. The molecule has 0 radical (unpaired) electrons. The number of benzene rings is 2. The number of carbonyl (C=O) groups is 2. The second-order valence-corrected chi connectivity index (χ2v) is 8.59. The van der Waals surface area contributed by atoms with Gasteiger partial charge in [0.1, 0.15) is 17.3 Å². The third-order valence-corrected chi connectivity index (χ3v) is 6.61. The Kier molecular flexibility index (Phi) is 5.69. The predicted octanol–water partition coefficient (Wildman–Crippen LogP) is 3.11. The average molecular weight is 468 g/mol. The van der Waals surface area contributed by atoms with Crippen LogP contribution in [0.5, 0.6) is 5.75 Å². The highest BCUT2D eigenvalue weighted by Crippen LogP contribution is 2.33. The lowest BCUT2D eigenvalue weighted by atomic mass is 10.1. The van der Waals surface area contributed by atoms with Gasteiger partial charge in [0.2, 0.25) is 0 Å². The quantitative estimate of drug-likeness (QED) is 0.600. The highest BCUT2D eigenvalue weighted by atomic mass is 32.1. The van der Waals surface area contributed by atoms with Gasteiger partial charge in [0.05, 0.1) is 25.0 Å². The van der Waals surface area contributed by atoms with Crippen molar-refractivity contribution < 1.29 is 18.7 Å². The van der Waals surface area contributed by atoms with Gasteiger partial charge in [0.15, 0.2) is 5.13 Å². The number of carbonyl (C=O) groups excluding carboxylic acids is 2. The average Bonchev–Trinajstić information content (AvgIpc) is 3.44. The fourth-order valence-corrected chi connectivity index (χ4v) is 4.87. The molecule has 1 fully saturated rings. The van der Waals surface area contributed by atoms with E-state index in [9.17, 15) is 14.0 Å². The fourth-order valence-electron chi connectivity index (χ4n) is 4.07. The molecule has 0 spiro atoms. The highest BCUT2D eigenvalue weighted by molar-refractivity contribution is 7.14. The number of rotatable bonds is 5. The Bertz CT molecular complexity index is 1220. The summed E-state index contributed by atoms with van der Waals surface area (Å²) in [5.41, 5.74) is 2.39. The lowest BCUT2D eigenvalue weighted by Gasteiger charge is -2.31. The summed E-state index contributed by atoms with van der Waals surface area (Å²) in [7, 11) is 1.55. The Balaban J connectivity index is 1.35. The van der Waals surface area contributed by atoms with Gasteiger partial charge in [-0.2, -0.15) is 0 Å². The molecule has 0 atom stereocenters. The smallest absolute Gasteiger partial charge is 0.275 e. The molecule has 3 heterocycles. The van der Waals surface area contributed by atoms with E-state index in [0.29, 0.717) is 47.5 Å². The van der Waals surface area contributed by atoms with Crippen LogP contribution in [0.2, 0.25) is 0 Å². The number of amides is 2. The lowest BCUT2D eigenvalue weighted by molar-refractivity contribution is 0.0991. The molecule has 3 aromatic rings. The third kappa shape index (κ3) is 4.03. The molecule has 8 nitrogen and oxygen atoms in total. The summed E-state index contributed by atoms with van der Waals surface area (Å²) in [6.07, 6.45) is 0.